The number of nitrogens with zero attached hydrogens (tertiary/aromatic N) is 3. The fourth-order valence-electron chi connectivity index (χ4n) is 1.53. The van der Waals surface area contributed by atoms with Gasteiger partial charge in [0.15, 0.2) is 5.16 Å². The molecule has 0 aliphatic carbocycles. The van der Waals surface area contributed by atoms with Crippen LogP contribution in [0.3, 0.4) is 0 Å². The zero-order valence-electron chi connectivity index (χ0n) is 10.3. The van der Waals surface area contributed by atoms with Crippen LogP contribution < -0.4 is 0 Å². The summed E-state index contributed by atoms with van der Waals surface area (Å²) in [7, 11) is 0. The summed E-state index contributed by atoms with van der Waals surface area (Å²) in [6, 6.07) is 9.03. The molecule has 0 radical (unpaired) electrons. The number of thioether (sulfide) groups is 1. The molecular formula is C13H8F3N3S. The van der Waals surface area contributed by atoms with Gasteiger partial charge in [0.2, 0.25) is 0 Å². The second-order valence-corrected chi connectivity index (χ2v) is 4.59. The summed E-state index contributed by atoms with van der Waals surface area (Å²) in [5.41, 5.74) is 0.147. The quantitative estimate of drug-likeness (QED) is 0.625. The van der Waals surface area contributed by atoms with Crippen molar-refractivity contribution in [2.75, 3.05) is 6.26 Å². The topological polar surface area (TPSA) is 49.6 Å². The van der Waals surface area contributed by atoms with E-state index in [2.05, 4.69) is 9.97 Å². The van der Waals surface area contributed by atoms with Gasteiger partial charge in [0.25, 0.3) is 0 Å². The molecule has 20 heavy (non-hydrogen) atoms. The van der Waals surface area contributed by atoms with E-state index in [4.69, 9.17) is 5.26 Å². The van der Waals surface area contributed by atoms with Crippen molar-refractivity contribution in [3.05, 3.63) is 41.6 Å². The summed E-state index contributed by atoms with van der Waals surface area (Å²) in [6.07, 6.45) is -2.91. The third-order valence-electron chi connectivity index (χ3n) is 2.49. The SMILES string of the molecule is CSc1nc(-c2ccc(C#N)cc2)cc(C(F)(F)F)n1. The van der Waals surface area contributed by atoms with Crippen LogP contribution in [-0.4, -0.2) is 16.2 Å². The summed E-state index contributed by atoms with van der Waals surface area (Å²) in [5, 5.41) is 8.76. The molecule has 2 aromatic rings. The van der Waals surface area contributed by atoms with Crippen LogP contribution in [0.25, 0.3) is 11.3 Å². The average molecular weight is 295 g/mol. The Morgan fingerprint density at radius 2 is 1.80 bits per heavy atom. The van der Waals surface area contributed by atoms with Crippen LogP contribution in [0, 0.1) is 11.3 Å². The second-order valence-electron chi connectivity index (χ2n) is 3.81. The minimum absolute atomic E-state index is 0.0548. The zero-order chi connectivity index (χ0) is 14.8. The Labute approximate surface area is 117 Å². The minimum atomic E-state index is -4.52. The van der Waals surface area contributed by atoms with E-state index in [-0.39, 0.29) is 10.9 Å². The van der Waals surface area contributed by atoms with Gasteiger partial charge >= 0.3 is 6.18 Å². The molecule has 1 aromatic carbocycles. The number of alkyl halides is 3. The number of halogens is 3. The third-order valence-corrected chi connectivity index (χ3v) is 3.04. The second kappa shape index (κ2) is 5.51. The normalized spacial score (nSPS) is 11.2. The minimum Gasteiger partial charge on any atom is -0.222 e. The van der Waals surface area contributed by atoms with E-state index in [1.165, 1.54) is 12.1 Å². The van der Waals surface area contributed by atoms with E-state index in [0.29, 0.717) is 11.1 Å². The first-order valence-corrected chi connectivity index (χ1v) is 6.67. The standard InChI is InChI=1S/C13H8F3N3S/c1-20-12-18-10(6-11(19-12)13(14,15)16)9-4-2-8(7-17)3-5-9/h2-6H,1H3. The number of hydrogen-bond donors (Lipinski definition) is 0. The number of benzene rings is 1. The number of aromatic nitrogens is 2. The molecule has 0 fully saturated rings. The number of nitriles is 1. The van der Waals surface area contributed by atoms with Crippen LogP contribution >= 0.6 is 11.8 Å². The van der Waals surface area contributed by atoms with Gasteiger partial charge in [-0.15, -0.1) is 0 Å². The lowest BCUT2D eigenvalue weighted by molar-refractivity contribution is -0.141. The molecule has 0 amide bonds. The molecule has 0 aliphatic rings. The number of rotatable bonds is 2. The Balaban J connectivity index is 2.52. The predicted molar refractivity (Wildman–Crippen MR) is 69.0 cm³/mol. The molecule has 2 rings (SSSR count). The van der Waals surface area contributed by atoms with Crippen molar-refractivity contribution < 1.29 is 13.2 Å². The van der Waals surface area contributed by atoms with Gasteiger partial charge in [0.1, 0.15) is 5.69 Å². The molecule has 0 spiro atoms. The van der Waals surface area contributed by atoms with Crippen molar-refractivity contribution >= 4 is 11.8 Å². The zero-order valence-corrected chi connectivity index (χ0v) is 11.1. The Kier molecular flexibility index (Phi) is 3.95. The molecule has 0 atom stereocenters. The fourth-order valence-corrected chi connectivity index (χ4v) is 1.90. The molecule has 3 nitrogen and oxygen atoms in total. The van der Waals surface area contributed by atoms with Gasteiger partial charge in [-0.05, 0) is 24.5 Å². The average Bonchev–Trinajstić information content (AvgIpc) is 2.46. The smallest absolute Gasteiger partial charge is 0.222 e. The first-order valence-electron chi connectivity index (χ1n) is 5.45. The van der Waals surface area contributed by atoms with E-state index < -0.39 is 11.9 Å². The summed E-state index contributed by atoms with van der Waals surface area (Å²) in [4.78, 5) is 7.52. The first kappa shape index (κ1) is 14.3. The lowest BCUT2D eigenvalue weighted by Crippen LogP contribution is -2.09. The van der Waals surface area contributed by atoms with Gasteiger partial charge < -0.3 is 0 Å². The molecule has 7 heteroatoms. The monoisotopic (exact) mass is 295 g/mol. The maximum atomic E-state index is 12.8. The van der Waals surface area contributed by atoms with E-state index >= 15 is 0 Å². The highest BCUT2D eigenvalue weighted by Gasteiger charge is 2.33. The van der Waals surface area contributed by atoms with Crippen LogP contribution in [-0.2, 0) is 6.18 Å². The van der Waals surface area contributed by atoms with E-state index in [1.807, 2.05) is 6.07 Å². The van der Waals surface area contributed by atoms with Crippen LogP contribution in [0.4, 0.5) is 13.2 Å². The molecule has 1 aromatic heterocycles. The van der Waals surface area contributed by atoms with E-state index in [1.54, 1.807) is 18.4 Å². The van der Waals surface area contributed by atoms with Crippen molar-refractivity contribution in [1.82, 2.24) is 9.97 Å². The maximum absolute atomic E-state index is 12.8. The highest BCUT2D eigenvalue weighted by atomic mass is 32.2. The van der Waals surface area contributed by atoms with Gasteiger partial charge in [-0.2, -0.15) is 18.4 Å². The molecule has 102 valence electrons. The highest BCUT2D eigenvalue weighted by molar-refractivity contribution is 7.98. The molecule has 0 aliphatic heterocycles. The van der Waals surface area contributed by atoms with Crippen LogP contribution in [0.5, 0.6) is 0 Å². The lowest BCUT2D eigenvalue weighted by Gasteiger charge is -2.09. The molecule has 0 N–H and O–H groups in total. The van der Waals surface area contributed by atoms with Gasteiger partial charge in [-0.25, -0.2) is 9.97 Å². The van der Waals surface area contributed by atoms with E-state index in [9.17, 15) is 13.2 Å². The van der Waals surface area contributed by atoms with E-state index in [0.717, 1.165) is 17.8 Å². The largest absolute Gasteiger partial charge is 0.433 e. The van der Waals surface area contributed by atoms with Crippen molar-refractivity contribution in [2.45, 2.75) is 11.3 Å². The Hall–Kier alpha value is -2.07. The Morgan fingerprint density at radius 3 is 2.30 bits per heavy atom. The van der Waals surface area contributed by atoms with Gasteiger partial charge in [-0.1, -0.05) is 23.9 Å². The van der Waals surface area contributed by atoms with Crippen LogP contribution in [0.1, 0.15) is 11.3 Å². The molecule has 0 saturated carbocycles. The van der Waals surface area contributed by atoms with Crippen molar-refractivity contribution in [2.24, 2.45) is 0 Å². The maximum Gasteiger partial charge on any atom is 0.433 e. The summed E-state index contributed by atoms with van der Waals surface area (Å²) >= 11 is 1.04. The van der Waals surface area contributed by atoms with Crippen LogP contribution in [0.15, 0.2) is 35.5 Å². The molecular weight excluding hydrogens is 287 g/mol. The summed E-state index contributed by atoms with van der Waals surface area (Å²) in [6.45, 7) is 0. The van der Waals surface area contributed by atoms with Gasteiger partial charge in [0, 0.05) is 5.56 Å². The molecule has 0 saturated heterocycles. The third kappa shape index (κ3) is 3.08. The summed E-state index contributed by atoms with van der Waals surface area (Å²) < 4.78 is 38.3. The highest BCUT2D eigenvalue weighted by Crippen LogP contribution is 2.31. The predicted octanol–water partition coefficient (Wildman–Crippen LogP) is 3.76. The van der Waals surface area contributed by atoms with Crippen LogP contribution in [0.2, 0.25) is 0 Å². The molecule has 1 heterocycles. The summed E-state index contributed by atoms with van der Waals surface area (Å²) in [5.74, 6) is 0. The Morgan fingerprint density at radius 1 is 1.15 bits per heavy atom. The van der Waals surface area contributed by atoms with Crippen molar-refractivity contribution in [3.63, 3.8) is 0 Å². The number of hydrogen-bond acceptors (Lipinski definition) is 4. The van der Waals surface area contributed by atoms with Crippen molar-refractivity contribution in [1.29, 1.82) is 5.26 Å². The molecule has 0 bridgehead atoms. The van der Waals surface area contributed by atoms with Gasteiger partial charge in [0.05, 0.1) is 17.3 Å². The fraction of sp³-hybridized carbons (Fsp3) is 0.154. The van der Waals surface area contributed by atoms with Crippen molar-refractivity contribution in [3.8, 4) is 17.3 Å². The first-order chi connectivity index (χ1) is 9.44. The lowest BCUT2D eigenvalue weighted by atomic mass is 10.1. The molecule has 0 unspecified atom stereocenters. The van der Waals surface area contributed by atoms with Gasteiger partial charge in [-0.3, -0.25) is 0 Å². The Bertz CT molecular complexity index is 660.